The van der Waals surface area contributed by atoms with E-state index in [0.717, 1.165) is 16.4 Å². The van der Waals surface area contributed by atoms with Gasteiger partial charge in [-0.3, -0.25) is 9.36 Å². The standard InChI is InChI=1S/C19H20ClF4N5O2/c1-11-9-31-6-5-27(11)15-14(21)16(30)28-10-18(2,19(22,23)24)29(17(28)26-15)8-12-3-4-25-13(20)7-12/h3-4,7,11H,5-6,8-10H2,1-2H3/t11-,18+/m1/s1. The Bertz CT molecular complexity index is 1060. The number of aromatic nitrogens is 3. The molecule has 0 radical (unpaired) electrons. The van der Waals surface area contributed by atoms with Crippen LogP contribution >= 0.6 is 11.6 Å². The van der Waals surface area contributed by atoms with Crippen LogP contribution in [-0.2, 0) is 17.8 Å². The van der Waals surface area contributed by atoms with E-state index in [1.165, 1.54) is 18.3 Å². The highest BCUT2D eigenvalue weighted by Crippen LogP contribution is 2.44. The van der Waals surface area contributed by atoms with Crippen LogP contribution < -0.4 is 15.4 Å². The molecular formula is C19H20ClF4N5O2. The minimum atomic E-state index is -4.72. The maximum Gasteiger partial charge on any atom is 0.413 e. The summed E-state index contributed by atoms with van der Waals surface area (Å²) in [6.45, 7) is 2.58. The first-order valence-corrected chi connectivity index (χ1v) is 10.0. The van der Waals surface area contributed by atoms with Crippen LogP contribution in [0.3, 0.4) is 0 Å². The predicted molar refractivity (Wildman–Crippen MR) is 106 cm³/mol. The van der Waals surface area contributed by atoms with E-state index in [4.69, 9.17) is 16.3 Å². The first kappa shape index (κ1) is 21.8. The van der Waals surface area contributed by atoms with Gasteiger partial charge in [0.05, 0.1) is 25.8 Å². The van der Waals surface area contributed by atoms with Gasteiger partial charge in [0.2, 0.25) is 11.8 Å². The fourth-order valence-corrected chi connectivity index (χ4v) is 4.11. The van der Waals surface area contributed by atoms with Gasteiger partial charge in [-0.05, 0) is 31.5 Å². The van der Waals surface area contributed by atoms with Gasteiger partial charge in [-0.1, -0.05) is 11.6 Å². The molecule has 2 aromatic heterocycles. The van der Waals surface area contributed by atoms with Gasteiger partial charge in [-0.2, -0.15) is 22.5 Å². The number of anilines is 2. The molecule has 2 aliphatic rings. The van der Waals surface area contributed by atoms with Crippen LogP contribution in [-0.4, -0.2) is 52.1 Å². The summed E-state index contributed by atoms with van der Waals surface area (Å²) in [4.78, 5) is 23.4. The van der Waals surface area contributed by atoms with Gasteiger partial charge in [-0.25, -0.2) is 4.98 Å². The Labute approximate surface area is 180 Å². The molecule has 0 amide bonds. The number of fused-ring (bicyclic) bond motifs is 1. The molecule has 1 fully saturated rings. The second kappa shape index (κ2) is 7.63. The maximum absolute atomic E-state index is 15.0. The normalized spacial score (nSPS) is 23.9. The van der Waals surface area contributed by atoms with Crippen molar-refractivity contribution < 1.29 is 22.3 Å². The first-order chi connectivity index (χ1) is 14.5. The maximum atomic E-state index is 15.0. The lowest BCUT2D eigenvalue weighted by Gasteiger charge is -2.37. The van der Waals surface area contributed by atoms with E-state index < -0.39 is 29.6 Å². The van der Waals surface area contributed by atoms with Crippen LogP contribution in [0.4, 0.5) is 29.3 Å². The third-order valence-corrected chi connectivity index (χ3v) is 5.97. The van der Waals surface area contributed by atoms with Crippen molar-refractivity contribution in [2.75, 3.05) is 29.6 Å². The van der Waals surface area contributed by atoms with Crippen molar-refractivity contribution in [3.8, 4) is 0 Å². The molecule has 168 valence electrons. The number of hydrogen-bond donors (Lipinski definition) is 0. The third-order valence-electron chi connectivity index (χ3n) is 5.76. The van der Waals surface area contributed by atoms with Gasteiger partial charge in [0, 0.05) is 19.3 Å². The van der Waals surface area contributed by atoms with Crippen LogP contribution in [0, 0.1) is 5.82 Å². The van der Waals surface area contributed by atoms with Gasteiger partial charge in [0.1, 0.15) is 5.15 Å². The van der Waals surface area contributed by atoms with E-state index in [0.29, 0.717) is 18.8 Å². The summed E-state index contributed by atoms with van der Waals surface area (Å²) in [6.07, 6.45) is -3.34. The lowest BCUT2D eigenvalue weighted by molar-refractivity contribution is -0.182. The summed E-state index contributed by atoms with van der Waals surface area (Å²) in [5, 5.41) is 0.123. The third kappa shape index (κ3) is 3.63. The summed E-state index contributed by atoms with van der Waals surface area (Å²) >= 11 is 5.89. The number of nitrogens with zero attached hydrogens (tertiary/aromatic N) is 5. The van der Waals surface area contributed by atoms with E-state index in [2.05, 4.69) is 9.97 Å². The second-order valence-corrected chi connectivity index (χ2v) is 8.29. The minimum Gasteiger partial charge on any atom is -0.377 e. The molecule has 0 aromatic carbocycles. The lowest BCUT2D eigenvalue weighted by Crippen LogP contribution is -2.55. The molecule has 0 unspecified atom stereocenters. The van der Waals surface area contributed by atoms with Crippen molar-refractivity contribution in [3.05, 3.63) is 45.2 Å². The van der Waals surface area contributed by atoms with E-state index in [1.54, 1.807) is 11.8 Å². The fourth-order valence-electron chi connectivity index (χ4n) is 3.92. The zero-order valence-electron chi connectivity index (χ0n) is 16.8. The van der Waals surface area contributed by atoms with E-state index in [9.17, 15) is 22.4 Å². The summed E-state index contributed by atoms with van der Waals surface area (Å²) in [5.41, 5.74) is -3.16. The topological polar surface area (TPSA) is 63.5 Å². The van der Waals surface area contributed by atoms with Crippen LogP contribution in [0.25, 0.3) is 0 Å². The summed E-state index contributed by atoms with van der Waals surface area (Å²) in [6, 6.07) is 2.67. The fraction of sp³-hybridized carbons (Fsp3) is 0.526. The number of rotatable bonds is 3. The smallest absolute Gasteiger partial charge is 0.377 e. The van der Waals surface area contributed by atoms with Crippen molar-refractivity contribution in [1.82, 2.24) is 14.5 Å². The van der Waals surface area contributed by atoms with E-state index in [1.807, 2.05) is 0 Å². The number of ether oxygens (including phenoxy) is 1. The quantitative estimate of drug-likeness (QED) is 0.517. The summed E-state index contributed by atoms with van der Waals surface area (Å²) < 4.78 is 63.5. The zero-order valence-corrected chi connectivity index (χ0v) is 17.5. The average molecular weight is 462 g/mol. The van der Waals surface area contributed by atoms with Crippen molar-refractivity contribution >= 4 is 23.4 Å². The second-order valence-electron chi connectivity index (χ2n) is 7.90. The number of morpholine rings is 1. The highest BCUT2D eigenvalue weighted by Gasteiger charge is 2.60. The van der Waals surface area contributed by atoms with Crippen molar-refractivity contribution in [1.29, 1.82) is 0 Å². The van der Waals surface area contributed by atoms with Gasteiger partial charge in [-0.15, -0.1) is 0 Å². The number of hydrogen-bond acceptors (Lipinski definition) is 6. The number of halogens is 5. The Morgan fingerprint density at radius 3 is 2.77 bits per heavy atom. The molecule has 2 aromatic rings. The molecule has 12 heteroatoms. The monoisotopic (exact) mass is 461 g/mol. The molecule has 1 saturated heterocycles. The molecule has 31 heavy (non-hydrogen) atoms. The molecule has 0 saturated carbocycles. The number of pyridine rings is 1. The molecule has 2 aliphatic heterocycles. The molecule has 0 spiro atoms. The molecule has 4 rings (SSSR count). The van der Waals surface area contributed by atoms with Crippen molar-refractivity contribution in [3.63, 3.8) is 0 Å². The Balaban J connectivity index is 1.86. The zero-order chi connectivity index (χ0) is 22.6. The Morgan fingerprint density at radius 1 is 1.39 bits per heavy atom. The van der Waals surface area contributed by atoms with Gasteiger partial charge >= 0.3 is 6.18 Å². The molecular weight excluding hydrogens is 442 g/mol. The highest BCUT2D eigenvalue weighted by atomic mass is 35.5. The molecule has 7 nitrogen and oxygen atoms in total. The van der Waals surface area contributed by atoms with Crippen LogP contribution in [0.1, 0.15) is 19.4 Å². The summed E-state index contributed by atoms with van der Waals surface area (Å²) in [7, 11) is 0. The Hall–Kier alpha value is -2.40. The SMILES string of the molecule is C[C@@H]1COCCN1c1nc2n(c(=O)c1F)C[C@@](C)(C(F)(F)F)N2Cc1ccnc(Cl)c1. The molecule has 2 atom stereocenters. The molecule has 0 bridgehead atoms. The van der Waals surface area contributed by atoms with E-state index in [-0.39, 0.29) is 36.1 Å². The molecule has 4 heterocycles. The van der Waals surface area contributed by atoms with Crippen LogP contribution in [0.5, 0.6) is 0 Å². The Morgan fingerprint density at radius 2 is 2.13 bits per heavy atom. The van der Waals surface area contributed by atoms with Crippen LogP contribution in [0.2, 0.25) is 5.15 Å². The summed E-state index contributed by atoms with van der Waals surface area (Å²) in [5.74, 6) is -1.68. The van der Waals surface area contributed by atoms with Gasteiger partial charge in [0.25, 0.3) is 5.56 Å². The highest BCUT2D eigenvalue weighted by molar-refractivity contribution is 6.29. The largest absolute Gasteiger partial charge is 0.413 e. The molecule has 0 aliphatic carbocycles. The average Bonchev–Trinajstić information content (AvgIpc) is 2.99. The molecule has 0 N–H and O–H groups in total. The van der Waals surface area contributed by atoms with Crippen molar-refractivity contribution in [2.45, 2.75) is 44.7 Å². The first-order valence-electron chi connectivity index (χ1n) is 9.62. The predicted octanol–water partition coefficient (Wildman–Crippen LogP) is 3.00. The number of alkyl halides is 3. The Kier molecular flexibility index (Phi) is 5.37. The van der Waals surface area contributed by atoms with Crippen LogP contribution in [0.15, 0.2) is 23.1 Å². The van der Waals surface area contributed by atoms with Gasteiger partial charge < -0.3 is 14.5 Å². The van der Waals surface area contributed by atoms with E-state index >= 15 is 0 Å². The van der Waals surface area contributed by atoms with Crippen molar-refractivity contribution in [2.24, 2.45) is 0 Å². The van der Waals surface area contributed by atoms with Gasteiger partial charge in [0.15, 0.2) is 11.4 Å². The lowest BCUT2D eigenvalue weighted by atomic mass is 10.00. The minimum absolute atomic E-state index is 0.123.